The van der Waals surface area contributed by atoms with Crippen molar-refractivity contribution in [1.82, 2.24) is 0 Å². The molecule has 0 unspecified atom stereocenters. The quantitative estimate of drug-likeness (QED) is 0.299. The van der Waals surface area contributed by atoms with Gasteiger partial charge in [-0.3, -0.25) is 5.41 Å². The van der Waals surface area contributed by atoms with Gasteiger partial charge in [0.25, 0.3) is 0 Å². The highest BCUT2D eigenvalue weighted by Crippen LogP contribution is 2.01. The van der Waals surface area contributed by atoms with E-state index in [0.717, 1.165) is 0 Å². The summed E-state index contributed by atoms with van der Waals surface area (Å²) in [5.74, 6) is 0.0121. The Morgan fingerprint density at radius 1 is 1.20 bits per heavy atom. The van der Waals surface area contributed by atoms with Crippen LogP contribution in [-0.4, -0.2) is 5.84 Å². The Kier molecular flexibility index (Phi) is 3.25. The van der Waals surface area contributed by atoms with Gasteiger partial charge in [-0.2, -0.15) is 0 Å². The van der Waals surface area contributed by atoms with E-state index >= 15 is 0 Å². The van der Waals surface area contributed by atoms with Crippen molar-refractivity contribution in [3.8, 4) is 0 Å². The van der Waals surface area contributed by atoms with E-state index in [4.69, 9.17) is 16.9 Å². The lowest BCUT2D eigenvalue weighted by Crippen LogP contribution is -2.17. The van der Waals surface area contributed by atoms with Crippen molar-refractivity contribution >= 4 is 5.84 Å². The van der Waals surface area contributed by atoms with E-state index in [0.29, 0.717) is 11.3 Å². The van der Waals surface area contributed by atoms with Crippen LogP contribution in [0.25, 0.3) is 0 Å². The summed E-state index contributed by atoms with van der Waals surface area (Å²) in [6.07, 6.45) is 3.44. The number of hydrogen-bond acceptors (Lipinski definition) is 2. The van der Waals surface area contributed by atoms with Crippen LogP contribution in [0.5, 0.6) is 0 Å². The first-order chi connectivity index (χ1) is 4.63. The van der Waals surface area contributed by atoms with E-state index in [-0.39, 0.29) is 5.84 Å². The van der Waals surface area contributed by atoms with Gasteiger partial charge in [0, 0.05) is 11.3 Å². The summed E-state index contributed by atoms with van der Waals surface area (Å²) < 4.78 is 0. The number of hydrogen-bond donors (Lipinski definition) is 3. The van der Waals surface area contributed by atoms with Crippen LogP contribution in [0.3, 0.4) is 0 Å². The molecule has 0 bridgehead atoms. The molecule has 0 fully saturated rings. The maximum absolute atomic E-state index is 7.07. The summed E-state index contributed by atoms with van der Waals surface area (Å²) in [7, 11) is 0. The molecule has 0 aliphatic heterocycles. The molecule has 3 nitrogen and oxygen atoms in total. The van der Waals surface area contributed by atoms with Crippen molar-refractivity contribution in [1.29, 1.82) is 5.41 Å². The van der Waals surface area contributed by atoms with Crippen molar-refractivity contribution in [2.45, 2.75) is 13.8 Å². The van der Waals surface area contributed by atoms with Gasteiger partial charge in [0.15, 0.2) is 0 Å². The summed E-state index contributed by atoms with van der Waals surface area (Å²) in [4.78, 5) is 0. The molecule has 0 aliphatic rings. The number of nitrogens with one attached hydrogen (secondary N) is 1. The first kappa shape index (κ1) is 8.75. The highest BCUT2D eigenvalue weighted by molar-refractivity contribution is 5.98. The molecular weight excluding hydrogens is 126 g/mol. The van der Waals surface area contributed by atoms with Gasteiger partial charge < -0.3 is 11.5 Å². The van der Waals surface area contributed by atoms with E-state index in [1.165, 1.54) is 0 Å². The van der Waals surface area contributed by atoms with Gasteiger partial charge in [-0.05, 0) is 13.8 Å². The first-order valence-electron chi connectivity index (χ1n) is 3.06. The average Bonchev–Trinajstić information content (AvgIpc) is 1.88. The van der Waals surface area contributed by atoms with E-state index in [9.17, 15) is 0 Å². The van der Waals surface area contributed by atoms with E-state index in [1.807, 2.05) is 6.92 Å². The Bertz CT molecular complexity index is 189. The Morgan fingerprint density at radius 3 is 1.80 bits per heavy atom. The fourth-order valence-corrected chi connectivity index (χ4v) is 0.633. The maximum Gasteiger partial charge on any atom is 0.124 e. The van der Waals surface area contributed by atoms with Crippen molar-refractivity contribution in [3.63, 3.8) is 0 Å². The Morgan fingerprint density at radius 2 is 1.70 bits per heavy atom. The van der Waals surface area contributed by atoms with Crippen LogP contribution >= 0.6 is 0 Å². The SMILES string of the molecule is C/C=C(N)\C(=C/C)C(=N)N. The predicted molar refractivity (Wildman–Crippen MR) is 43.6 cm³/mol. The number of nitrogens with two attached hydrogens (primary N) is 2. The lowest BCUT2D eigenvalue weighted by atomic mass is 10.1. The second kappa shape index (κ2) is 3.71. The van der Waals surface area contributed by atoms with Gasteiger partial charge in [0.1, 0.15) is 5.84 Å². The molecule has 0 atom stereocenters. The third-order valence-corrected chi connectivity index (χ3v) is 1.20. The second-order valence-corrected chi connectivity index (χ2v) is 1.86. The van der Waals surface area contributed by atoms with Crippen LogP contribution in [-0.2, 0) is 0 Å². The number of amidine groups is 1. The summed E-state index contributed by atoms with van der Waals surface area (Å²) in [6.45, 7) is 3.61. The highest BCUT2D eigenvalue weighted by Gasteiger charge is 2.00. The molecule has 56 valence electrons. The van der Waals surface area contributed by atoms with Gasteiger partial charge in [-0.25, -0.2) is 0 Å². The van der Waals surface area contributed by atoms with Gasteiger partial charge in [-0.15, -0.1) is 0 Å². The standard InChI is InChI=1S/C7H13N3/c1-3-5(7(9)10)6(8)4-2/h3-4H,8H2,1-2H3,(H3,9,10)/b5-3+,6-4+. The van der Waals surface area contributed by atoms with Gasteiger partial charge in [0.05, 0.1) is 0 Å². The fourth-order valence-electron chi connectivity index (χ4n) is 0.633. The molecule has 0 aliphatic carbocycles. The summed E-state index contributed by atoms with van der Waals surface area (Å²) in [5.41, 5.74) is 11.9. The molecule has 0 rings (SSSR count). The molecule has 0 amide bonds. The fraction of sp³-hybridized carbons (Fsp3) is 0.286. The minimum atomic E-state index is 0.0121. The summed E-state index contributed by atoms with van der Waals surface area (Å²) in [6, 6.07) is 0. The van der Waals surface area contributed by atoms with E-state index in [2.05, 4.69) is 0 Å². The van der Waals surface area contributed by atoms with Crippen LogP contribution in [0.4, 0.5) is 0 Å². The Balaban J connectivity index is 4.56. The molecule has 0 aromatic rings. The minimum absolute atomic E-state index is 0.0121. The van der Waals surface area contributed by atoms with Gasteiger partial charge in [0.2, 0.25) is 0 Å². The molecule has 0 heterocycles. The topological polar surface area (TPSA) is 75.9 Å². The van der Waals surface area contributed by atoms with Gasteiger partial charge in [-0.1, -0.05) is 12.2 Å². The van der Waals surface area contributed by atoms with E-state index in [1.54, 1.807) is 19.1 Å². The molecule has 3 heteroatoms. The Hall–Kier alpha value is -1.25. The lowest BCUT2D eigenvalue weighted by Gasteiger charge is -2.02. The average molecular weight is 139 g/mol. The molecule has 0 aromatic carbocycles. The smallest absolute Gasteiger partial charge is 0.124 e. The second-order valence-electron chi connectivity index (χ2n) is 1.86. The number of rotatable bonds is 2. The van der Waals surface area contributed by atoms with Gasteiger partial charge >= 0.3 is 0 Å². The zero-order chi connectivity index (χ0) is 8.15. The molecule has 0 aromatic heterocycles. The third-order valence-electron chi connectivity index (χ3n) is 1.20. The molecule has 0 saturated carbocycles. The van der Waals surface area contributed by atoms with Crippen molar-refractivity contribution in [2.24, 2.45) is 11.5 Å². The zero-order valence-electron chi connectivity index (χ0n) is 6.31. The normalized spacial score (nSPS) is 13.4. The van der Waals surface area contributed by atoms with E-state index < -0.39 is 0 Å². The third kappa shape index (κ3) is 1.93. The van der Waals surface area contributed by atoms with Crippen LogP contribution in [0.2, 0.25) is 0 Å². The zero-order valence-corrected chi connectivity index (χ0v) is 6.31. The van der Waals surface area contributed by atoms with Crippen molar-refractivity contribution in [3.05, 3.63) is 23.4 Å². The maximum atomic E-state index is 7.07. The first-order valence-corrected chi connectivity index (χ1v) is 3.06. The molecule has 0 radical (unpaired) electrons. The molecular formula is C7H13N3. The summed E-state index contributed by atoms with van der Waals surface area (Å²) in [5, 5.41) is 7.07. The molecule has 10 heavy (non-hydrogen) atoms. The largest absolute Gasteiger partial charge is 0.398 e. The minimum Gasteiger partial charge on any atom is -0.398 e. The molecule has 5 N–H and O–H groups in total. The monoisotopic (exact) mass is 139 g/mol. The lowest BCUT2D eigenvalue weighted by molar-refractivity contribution is 1.30. The Labute approximate surface area is 60.9 Å². The van der Waals surface area contributed by atoms with Crippen LogP contribution in [0.1, 0.15) is 13.8 Å². The predicted octanol–water partition coefficient (Wildman–Crippen LogP) is 0.731. The number of allylic oxidation sites excluding steroid dienone is 2. The molecule has 0 saturated heterocycles. The van der Waals surface area contributed by atoms with Crippen LogP contribution in [0, 0.1) is 5.41 Å². The van der Waals surface area contributed by atoms with Crippen molar-refractivity contribution < 1.29 is 0 Å². The van der Waals surface area contributed by atoms with Crippen molar-refractivity contribution in [2.75, 3.05) is 0 Å². The summed E-state index contributed by atoms with van der Waals surface area (Å²) >= 11 is 0. The van der Waals surface area contributed by atoms with Crippen LogP contribution < -0.4 is 11.5 Å². The highest BCUT2D eigenvalue weighted by atomic mass is 14.7. The molecule has 0 spiro atoms. The van der Waals surface area contributed by atoms with Crippen LogP contribution in [0.15, 0.2) is 23.4 Å².